The minimum atomic E-state index is -0.0336. The second-order valence-corrected chi connectivity index (χ2v) is 6.41. The second-order valence-electron chi connectivity index (χ2n) is 6.41. The molecule has 0 saturated heterocycles. The van der Waals surface area contributed by atoms with Gasteiger partial charge in [0.1, 0.15) is 17.2 Å². The average Bonchev–Trinajstić information content (AvgIpc) is 3.17. The number of ether oxygens (including phenoxy) is 1. The zero-order valence-electron chi connectivity index (χ0n) is 16.1. The number of rotatable bonds is 3. The molecule has 3 aromatic rings. The number of methoxy groups -OCH3 is 1. The Hall–Kier alpha value is -2.94. The number of hydrogen-bond donors (Lipinski definition) is 2. The number of benzene rings is 3. The first-order valence-electron chi connectivity index (χ1n) is 9.46. The smallest absolute Gasteiger partial charge is 0.122 e. The Morgan fingerprint density at radius 3 is 2.26 bits per heavy atom. The number of phenols is 2. The van der Waals surface area contributed by atoms with Gasteiger partial charge in [-0.15, -0.1) is 0 Å². The third kappa shape index (κ3) is 3.50. The monoisotopic (exact) mass is 362 g/mol. The van der Waals surface area contributed by atoms with E-state index in [4.69, 9.17) is 4.74 Å². The molecule has 1 unspecified atom stereocenters. The van der Waals surface area contributed by atoms with Crippen LogP contribution in [0.3, 0.4) is 0 Å². The first-order valence-corrected chi connectivity index (χ1v) is 9.46. The van der Waals surface area contributed by atoms with E-state index in [2.05, 4.69) is 12.1 Å². The molecule has 0 spiro atoms. The summed E-state index contributed by atoms with van der Waals surface area (Å²) in [5.41, 5.74) is 4.93. The minimum absolute atomic E-state index is 0.0336. The zero-order valence-corrected chi connectivity index (χ0v) is 16.1. The van der Waals surface area contributed by atoms with Gasteiger partial charge in [-0.2, -0.15) is 0 Å². The summed E-state index contributed by atoms with van der Waals surface area (Å²) in [5, 5.41) is 20.9. The maximum atomic E-state index is 10.5. The lowest BCUT2D eigenvalue weighted by molar-refractivity contribution is 0.407. The third-order valence-corrected chi connectivity index (χ3v) is 5.05. The number of hydrogen-bond acceptors (Lipinski definition) is 3. The molecule has 3 aromatic carbocycles. The van der Waals surface area contributed by atoms with Crippen LogP contribution in [0, 0.1) is 0 Å². The summed E-state index contributed by atoms with van der Waals surface area (Å²) >= 11 is 0. The van der Waals surface area contributed by atoms with Gasteiger partial charge in [0, 0.05) is 22.6 Å². The van der Waals surface area contributed by atoms with E-state index in [9.17, 15) is 10.2 Å². The maximum Gasteiger partial charge on any atom is 0.122 e. The third-order valence-electron chi connectivity index (χ3n) is 5.05. The Morgan fingerprint density at radius 2 is 1.56 bits per heavy atom. The van der Waals surface area contributed by atoms with Crippen molar-refractivity contribution in [3.8, 4) is 28.4 Å². The summed E-state index contributed by atoms with van der Waals surface area (Å²) in [7, 11) is 1.65. The van der Waals surface area contributed by atoms with Crippen LogP contribution in [0.25, 0.3) is 11.1 Å². The predicted octanol–water partition coefficient (Wildman–Crippen LogP) is 5.88. The SMILES string of the molecule is CC.COc1ccc(O)c2c1CCC2c1cc(-c2ccccc2)ccc1O. The van der Waals surface area contributed by atoms with E-state index in [1.165, 1.54) is 0 Å². The Labute approximate surface area is 160 Å². The summed E-state index contributed by atoms with van der Waals surface area (Å²) in [6, 6.07) is 19.3. The van der Waals surface area contributed by atoms with Gasteiger partial charge in [0.25, 0.3) is 0 Å². The zero-order chi connectivity index (χ0) is 19.4. The van der Waals surface area contributed by atoms with Crippen LogP contribution < -0.4 is 4.74 Å². The van der Waals surface area contributed by atoms with Crippen LogP contribution in [-0.4, -0.2) is 17.3 Å². The molecule has 1 aliphatic carbocycles. The summed E-state index contributed by atoms with van der Waals surface area (Å²) in [4.78, 5) is 0. The highest BCUT2D eigenvalue weighted by Gasteiger charge is 2.31. The molecule has 3 nitrogen and oxygen atoms in total. The molecule has 1 atom stereocenters. The molecular weight excluding hydrogens is 336 g/mol. The second kappa shape index (κ2) is 8.17. The number of phenolic OH excluding ortho intramolecular Hbond substituents is 2. The standard InChI is InChI=1S/C22H20O3.C2H6/c1-25-21-12-11-20(24)22-16(8-9-17(21)22)18-13-15(7-10-19(18)23)14-5-3-2-4-6-14;1-2/h2-7,10-13,16,23-24H,8-9H2,1H3;1-2H3. The van der Waals surface area contributed by atoms with Gasteiger partial charge < -0.3 is 14.9 Å². The van der Waals surface area contributed by atoms with Crippen molar-refractivity contribution in [2.45, 2.75) is 32.6 Å². The summed E-state index contributed by atoms with van der Waals surface area (Å²) in [6.45, 7) is 4.00. The van der Waals surface area contributed by atoms with Gasteiger partial charge >= 0.3 is 0 Å². The van der Waals surface area contributed by atoms with Crippen molar-refractivity contribution in [1.29, 1.82) is 0 Å². The van der Waals surface area contributed by atoms with Crippen molar-refractivity contribution in [3.63, 3.8) is 0 Å². The molecule has 0 fully saturated rings. The fourth-order valence-corrected chi connectivity index (χ4v) is 3.86. The van der Waals surface area contributed by atoms with E-state index in [1.54, 1.807) is 25.3 Å². The molecule has 2 N–H and O–H groups in total. The Morgan fingerprint density at radius 1 is 0.852 bits per heavy atom. The van der Waals surface area contributed by atoms with Crippen molar-refractivity contribution >= 4 is 0 Å². The lowest BCUT2D eigenvalue weighted by Crippen LogP contribution is -1.99. The molecule has 140 valence electrons. The largest absolute Gasteiger partial charge is 0.508 e. The van der Waals surface area contributed by atoms with E-state index in [-0.39, 0.29) is 17.4 Å². The first kappa shape index (κ1) is 18.8. The summed E-state index contributed by atoms with van der Waals surface area (Å²) in [6.07, 6.45) is 1.67. The van der Waals surface area contributed by atoms with Crippen molar-refractivity contribution < 1.29 is 14.9 Å². The normalized spacial score (nSPS) is 14.9. The molecule has 4 rings (SSSR count). The molecule has 3 heteroatoms. The Kier molecular flexibility index (Phi) is 5.70. The van der Waals surface area contributed by atoms with E-state index >= 15 is 0 Å². The van der Waals surface area contributed by atoms with Crippen molar-refractivity contribution in [2.75, 3.05) is 7.11 Å². The van der Waals surface area contributed by atoms with Crippen LogP contribution in [0.2, 0.25) is 0 Å². The van der Waals surface area contributed by atoms with Crippen LogP contribution in [-0.2, 0) is 6.42 Å². The molecule has 0 bridgehead atoms. The molecule has 27 heavy (non-hydrogen) atoms. The summed E-state index contributed by atoms with van der Waals surface area (Å²) in [5.74, 6) is 1.30. The van der Waals surface area contributed by atoms with E-state index in [0.29, 0.717) is 0 Å². The molecule has 0 heterocycles. The highest BCUT2D eigenvalue weighted by molar-refractivity contribution is 5.67. The highest BCUT2D eigenvalue weighted by atomic mass is 16.5. The minimum Gasteiger partial charge on any atom is -0.508 e. The van der Waals surface area contributed by atoms with Gasteiger partial charge in [0.2, 0.25) is 0 Å². The Balaban J connectivity index is 0.00000102. The van der Waals surface area contributed by atoms with Crippen molar-refractivity contribution in [1.82, 2.24) is 0 Å². The van der Waals surface area contributed by atoms with Gasteiger partial charge in [-0.05, 0) is 48.2 Å². The molecule has 0 saturated carbocycles. The van der Waals surface area contributed by atoms with Crippen molar-refractivity contribution in [3.05, 3.63) is 77.4 Å². The topological polar surface area (TPSA) is 49.7 Å². The van der Waals surface area contributed by atoms with E-state index in [0.717, 1.165) is 46.4 Å². The highest BCUT2D eigenvalue weighted by Crippen LogP contribution is 2.48. The van der Waals surface area contributed by atoms with Gasteiger partial charge in [-0.25, -0.2) is 0 Å². The molecule has 0 amide bonds. The predicted molar refractivity (Wildman–Crippen MR) is 110 cm³/mol. The quantitative estimate of drug-likeness (QED) is 0.612. The number of fused-ring (bicyclic) bond motifs is 1. The molecular formula is C24H26O3. The Bertz CT molecular complexity index is 916. The lowest BCUT2D eigenvalue weighted by atomic mass is 9.89. The maximum absolute atomic E-state index is 10.5. The number of aromatic hydroxyl groups is 2. The molecule has 1 aliphatic rings. The fourth-order valence-electron chi connectivity index (χ4n) is 3.86. The van der Waals surface area contributed by atoms with Crippen LogP contribution in [0.1, 0.15) is 42.9 Å². The van der Waals surface area contributed by atoms with Gasteiger partial charge in [-0.1, -0.05) is 50.2 Å². The molecule has 0 radical (unpaired) electrons. The van der Waals surface area contributed by atoms with Gasteiger partial charge in [-0.3, -0.25) is 0 Å². The van der Waals surface area contributed by atoms with Crippen LogP contribution in [0.4, 0.5) is 0 Å². The van der Waals surface area contributed by atoms with Crippen molar-refractivity contribution in [2.24, 2.45) is 0 Å². The van der Waals surface area contributed by atoms with Crippen LogP contribution in [0.15, 0.2) is 60.7 Å². The molecule has 0 aliphatic heterocycles. The van der Waals surface area contributed by atoms with E-state index < -0.39 is 0 Å². The van der Waals surface area contributed by atoms with Gasteiger partial charge in [0.15, 0.2) is 0 Å². The average molecular weight is 362 g/mol. The lowest BCUT2D eigenvalue weighted by Gasteiger charge is -2.17. The van der Waals surface area contributed by atoms with Crippen LogP contribution in [0.5, 0.6) is 17.2 Å². The summed E-state index contributed by atoms with van der Waals surface area (Å²) < 4.78 is 5.45. The molecule has 0 aromatic heterocycles. The van der Waals surface area contributed by atoms with Crippen LogP contribution >= 0.6 is 0 Å². The van der Waals surface area contributed by atoms with E-state index in [1.807, 2.05) is 44.2 Å². The van der Waals surface area contributed by atoms with Gasteiger partial charge in [0.05, 0.1) is 7.11 Å². The first-order chi connectivity index (χ1) is 13.2. The fraction of sp³-hybridized carbons (Fsp3) is 0.250.